The number of piperazine rings is 1. The predicted octanol–water partition coefficient (Wildman–Crippen LogP) is 1.99. The standard InChI is InChI=1S/C19H27ClN2O5S/c1-2-3-4-13-28(25,26)15-19(24)22-11-9-21(10-12-22)18(23)14-27-17-7-5-16(20)6-8-17/h5-8H,2-4,9-15H2,1H3. The van der Waals surface area contributed by atoms with Crippen molar-refractivity contribution in [2.75, 3.05) is 44.3 Å². The number of sulfone groups is 1. The van der Waals surface area contributed by atoms with Crippen LogP contribution in [0.25, 0.3) is 0 Å². The zero-order valence-electron chi connectivity index (χ0n) is 16.1. The number of halogens is 1. The van der Waals surface area contributed by atoms with E-state index in [1.807, 2.05) is 6.92 Å². The van der Waals surface area contributed by atoms with Crippen LogP contribution >= 0.6 is 11.6 Å². The molecule has 1 saturated heterocycles. The van der Waals surface area contributed by atoms with Gasteiger partial charge in [0.1, 0.15) is 11.5 Å². The molecule has 28 heavy (non-hydrogen) atoms. The molecule has 1 heterocycles. The van der Waals surface area contributed by atoms with Crippen molar-refractivity contribution < 1.29 is 22.7 Å². The SMILES string of the molecule is CCCCCS(=O)(=O)CC(=O)N1CCN(C(=O)COc2ccc(Cl)cc2)CC1. The van der Waals surface area contributed by atoms with Crippen LogP contribution in [0.1, 0.15) is 26.2 Å². The zero-order chi connectivity index (χ0) is 20.6. The van der Waals surface area contributed by atoms with Crippen molar-refractivity contribution in [3.63, 3.8) is 0 Å². The summed E-state index contributed by atoms with van der Waals surface area (Å²) in [6.45, 7) is 3.29. The smallest absolute Gasteiger partial charge is 0.260 e. The summed E-state index contributed by atoms with van der Waals surface area (Å²) in [7, 11) is -3.38. The molecule has 0 N–H and O–H groups in total. The molecule has 9 heteroatoms. The predicted molar refractivity (Wildman–Crippen MR) is 108 cm³/mol. The molecule has 0 atom stereocenters. The molecule has 1 aliphatic rings. The Labute approximate surface area is 171 Å². The third-order valence-corrected chi connectivity index (χ3v) is 6.41. The van der Waals surface area contributed by atoms with Gasteiger partial charge in [0.25, 0.3) is 5.91 Å². The van der Waals surface area contributed by atoms with Crippen molar-refractivity contribution in [1.29, 1.82) is 0 Å². The van der Waals surface area contributed by atoms with E-state index in [4.69, 9.17) is 16.3 Å². The van der Waals surface area contributed by atoms with E-state index in [2.05, 4.69) is 0 Å². The first-order chi connectivity index (χ1) is 13.3. The van der Waals surface area contributed by atoms with Crippen LogP contribution in [0.2, 0.25) is 5.02 Å². The summed E-state index contributed by atoms with van der Waals surface area (Å²) in [6.07, 6.45) is 2.36. The number of nitrogens with zero attached hydrogens (tertiary/aromatic N) is 2. The van der Waals surface area contributed by atoms with Crippen LogP contribution in [-0.2, 0) is 19.4 Å². The first kappa shape index (κ1) is 22.5. The van der Waals surface area contributed by atoms with Crippen molar-refractivity contribution in [2.24, 2.45) is 0 Å². The van der Waals surface area contributed by atoms with E-state index in [-0.39, 0.29) is 24.2 Å². The highest BCUT2D eigenvalue weighted by atomic mass is 35.5. The molecule has 0 unspecified atom stereocenters. The summed E-state index contributed by atoms with van der Waals surface area (Å²) in [5.41, 5.74) is 0. The quantitative estimate of drug-likeness (QED) is 0.559. The van der Waals surface area contributed by atoms with E-state index in [0.29, 0.717) is 43.4 Å². The summed E-state index contributed by atoms with van der Waals surface area (Å²) < 4.78 is 29.5. The maximum Gasteiger partial charge on any atom is 0.260 e. The summed E-state index contributed by atoms with van der Waals surface area (Å²) in [4.78, 5) is 27.7. The molecule has 0 spiro atoms. The van der Waals surface area contributed by atoms with E-state index in [9.17, 15) is 18.0 Å². The van der Waals surface area contributed by atoms with E-state index < -0.39 is 15.6 Å². The number of hydrogen-bond acceptors (Lipinski definition) is 5. The van der Waals surface area contributed by atoms with Crippen LogP contribution in [0.4, 0.5) is 0 Å². The molecule has 0 saturated carbocycles. The van der Waals surface area contributed by atoms with E-state index in [1.165, 1.54) is 4.90 Å². The number of amides is 2. The number of carbonyl (C=O) groups excluding carboxylic acids is 2. The lowest BCUT2D eigenvalue weighted by molar-refractivity contribution is -0.139. The van der Waals surface area contributed by atoms with Gasteiger partial charge in [-0.1, -0.05) is 31.4 Å². The molecule has 2 rings (SSSR count). The Morgan fingerprint density at radius 1 is 1.00 bits per heavy atom. The zero-order valence-corrected chi connectivity index (χ0v) is 17.7. The molecule has 1 aliphatic heterocycles. The molecule has 1 fully saturated rings. The van der Waals surface area contributed by atoms with Crippen molar-refractivity contribution >= 4 is 33.3 Å². The minimum atomic E-state index is -3.38. The van der Waals surface area contributed by atoms with Gasteiger partial charge < -0.3 is 14.5 Å². The van der Waals surface area contributed by atoms with E-state index in [0.717, 1.165) is 12.8 Å². The molecular weight excluding hydrogens is 404 g/mol. The van der Waals surface area contributed by atoms with Gasteiger partial charge in [-0.05, 0) is 30.7 Å². The first-order valence-electron chi connectivity index (χ1n) is 9.45. The average Bonchev–Trinajstić information content (AvgIpc) is 2.67. The number of carbonyl (C=O) groups is 2. The highest BCUT2D eigenvalue weighted by Crippen LogP contribution is 2.15. The summed E-state index contributed by atoms with van der Waals surface area (Å²) >= 11 is 5.81. The Morgan fingerprint density at radius 2 is 1.57 bits per heavy atom. The third kappa shape index (κ3) is 7.31. The van der Waals surface area contributed by atoms with Crippen LogP contribution < -0.4 is 4.74 Å². The molecule has 0 bridgehead atoms. The fraction of sp³-hybridized carbons (Fsp3) is 0.579. The van der Waals surface area contributed by atoms with Gasteiger partial charge in [0.05, 0.1) is 5.75 Å². The Kier molecular flexibility index (Phi) is 8.57. The molecule has 1 aromatic carbocycles. The van der Waals surface area contributed by atoms with E-state index in [1.54, 1.807) is 29.2 Å². The van der Waals surface area contributed by atoms with Crippen molar-refractivity contribution in [2.45, 2.75) is 26.2 Å². The summed E-state index contributed by atoms with van der Waals surface area (Å²) in [5.74, 6) is -0.410. The van der Waals surface area contributed by atoms with Gasteiger partial charge in [-0.3, -0.25) is 9.59 Å². The first-order valence-corrected chi connectivity index (χ1v) is 11.6. The summed E-state index contributed by atoms with van der Waals surface area (Å²) in [5, 5.41) is 0.590. The molecule has 0 aromatic heterocycles. The molecular formula is C19H27ClN2O5S. The normalized spacial score (nSPS) is 14.8. The topological polar surface area (TPSA) is 84.0 Å². The van der Waals surface area contributed by atoms with Gasteiger partial charge in [-0.2, -0.15) is 0 Å². The van der Waals surface area contributed by atoms with Gasteiger partial charge in [-0.25, -0.2) is 8.42 Å². The monoisotopic (exact) mass is 430 g/mol. The Balaban J connectivity index is 1.74. The number of hydrogen-bond donors (Lipinski definition) is 0. The molecule has 7 nitrogen and oxygen atoms in total. The Hall–Kier alpha value is -1.80. The van der Waals surface area contributed by atoms with Crippen LogP contribution in [-0.4, -0.2) is 74.3 Å². The molecule has 0 aliphatic carbocycles. The fourth-order valence-electron chi connectivity index (χ4n) is 2.90. The van der Waals surface area contributed by atoms with Crippen LogP contribution in [0.3, 0.4) is 0 Å². The van der Waals surface area contributed by atoms with Crippen molar-refractivity contribution in [3.8, 4) is 5.75 Å². The molecule has 156 valence electrons. The lowest BCUT2D eigenvalue weighted by Gasteiger charge is -2.34. The summed E-state index contributed by atoms with van der Waals surface area (Å²) in [6, 6.07) is 6.74. The van der Waals surface area contributed by atoms with Gasteiger partial charge in [-0.15, -0.1) is 0 Å². The third-order valence-electron chi connectivity index (χ3n) is 4.56. The number of rotatable bonds is 9. The minimum Gasteiger partial charge on any atom is -0.484 e. The second-order valence-electron chi connectivity index (χ2n) is 6.80. The van der Waals surface area contributed by atoms with Gasteiger partial charge >= 0.3 is 0 Å². The Morgan fingerprint density at radius 3 is 2.14 bits per heavy atom. The maximum atomic E-state index is 12.3. The van der Waals surface area contributed by atoms with E-state index >= 15 is 0 Å². The minimum absolute atomic E-state index is 0.0487. The molecule has 1 aromatic rings. The molecule has 0 radical (unpaired) electrons. The van der Waals surface area contributed by atoms with Crippen molar-refractivity contribution in [1.82, 2.24) is 9.80 Å². The van der Waals surface area contributed by atoms with Crippen LogP contribution in [0.15, 0.2) is 24.3 Å². The van der Waals surface area contributed by atoms with Gasteiger partial charge in [0.2, 0.25) is 5.91 Å². The average molecular weight is 431 g/mol. The largest absolute Gasteiger partial charge is 0.484 e. The number of ether oxygens (including phenoxy) is 1. The second-order valence-corrected chi connectivity index (χ2v) is 9.42. The number of unbranched alkanes of at least 4 members (excludes halogenated alkanes) is 2. The lowest BCUT2D eigenvalue weighted by atomic mass is 10.3. The highest BCUT2D eigenvalue weighted by Gasteiger charge is 2.27. The van der Waals surface area contributed by atoms with Gasteiger partial charge in [0, 0.05) is 31.2 Å². The highest BCUT2D eigenvalue weighted by molar-refractivity contribution is 7.92. The lowest BCUT2D eigenvalue weighted by Crippen LogP contribution is -2.52. The second kappa shape index (κ2) is 10.7. The Bertz CT molecular complexity index is 759. The fourth-order valence-corrected chi connectivity index (χ4v) is 4.37. The van der Waals surface area contributed by atoms with Crippen LogP contribution in [0, 0.1) is 0 Å². The molecule has 2 amide bonds. The number of benzene rings is 1. The van der Waals surface area contributed by atoms with Gasteiger partial charge in [0.15, 0.2) is 16.4 Å². The van der Waals surface area contributed by atoms with Crippen molar-refractivity contribution in [3.05, 3.63) is 29.3 Å². The maximum absolute atomic E-state index is 12.3. The van der Waals surface area contributed by atoms with Crippen LogP contribution in [0.5, 0.6) is 5.75 Å².